The van der Waals surface area contributed by atoms with Gasteiger partial charge in [0.1, 0.15) is 12.4 Å². The molecule has 1 saturated heterocycles. The highest BCUT2D eigenvalue weighted by atomic mass is 35.5. The Bertz CT molecular complexity index is 1530. The zero-order valence-corrected chi connectivity index (χ0v) is 31.0. The van der Waals surface area contributed by atoms with Crippen molar-refractivity contribution in [3.05, 3.63) is 58.1 Å². The summed E-state index contributed by atoms with van der Waals surface area (Å²) in [6, 6.07) is 11.3. The molecule has 1 amide bonds. The van der Waals surface area contributed by atoms with Crippen molar-refractivity contribution in [2.75, 3.05) is 36.6 Å². The lowest BCUT2D eigenvalue weighted by Crippen LogP contribution is -2.57. The highest BCUT2D eigenvalue weighted by Crippen LogP contribution is 2.54. The molecule has 4 aliphatic rings. The summed E-state index contributed by atoms with van der Waals surface area (Å²) in [4.78, 5) is 15.9. The molecule has 47 heavy (non-hydrogen) atoms. The third kappa shape index (κ3) is 7.62. The average molecular weight is 721 g/mol. The molecule has 1 aliphatic carbocycles. The molecule has 5 atom stereocenters. The average Bonchev–Trinajstić information content (AvgIpc) is 3.08. The lowest BCUT2D eigenvalue weighted by atomic mass is 9.63. The van der Waals surface area contributed by atoms with Gasteiger partial charge in [-0.15, -0.1) is 23.5 Å². The molecule has 0 spiro atoms. The van der Waals surface area contributed by atoms with E-state index in [4.69, 9.17) is 21.1 Å². The standard InChI is InChI=1S/C36H49ClN2O5S3/c1-24-8-6-16-36(43-3,35-45-18-7-19-46-35)31-14-11-28(31)22-39-17-5-4-9-26-20-30(37)13-10-29(26)23-44-33-15-12-27(21-32(33)39)34(40)38-47(41,42)25(24)2/h10,12-13,15,20-21,24-25,28,31,35H,4-9,11,14,16-19,22-23H2,1-3H3,(H,38,40)/t24-,25+,28-,31+,36-/m0/s1. The second-order valence-corrected chi connectivity index (χ2v) is 19.1. The maximum absolute atomic E-state index is 13.5. The number of methoxy groups -OCH3 is 1. The molecule has 3 heterocycles. The first-order chi connectivity index (χ1) is 22.6. The molecule has 0 radical (unpaired) electrons. The number of rotatable bonds is 2. The van der Waals surface area contributed by atoms with E-state index in [1.807, 2.05) is 67.9 Å². The Balaban J connectivity index is 1.41. The van der Waals surface area contributed by atoms with Gasteiger partial charge >= 0.3 is 0 Å². The summed E-state index contributed by atoms with van der Waals surface area (Å²) >= 11 is 10.5. The second-order valence-electron chi connectivity index (χ2n) is 13.9. The number of sulfonamides is 1. The molecule has 2 aromatic rings. The Morgan fingerprint density at radius 3 is 2.55 bits per heavy atom. The smallest absolute Gasteiger partial charge is 0.264 e. The van der Waals surface area contributed by atoms with Crippen molar-refractivity contribution in [3.63, 3.8) is 0 Å². The summed E-state index contributed by atoms with van der Waals surface area (Å²) < 4.78 is 43.0. The fourth-order valence-electron chi connectivity index (χ4n) is 7.91. The van der Waals surface area contributed by atoms with Gasteiger partial charge in [-0.2, -0.15) is 0 Å². The maximum atomic E-state index is 13.5. The van der Waals surface area contributed by atoms with Gasteiger partial charge in [0.05, 0.1) is 21.1 Å². The van der Waals surface area contributed by atoms with Crippen LogP contribution in [0.1, 0.15) is 86.7 Å². The Labute approximate surface area is 294 Å². The van der Waals surface area contributed by atoms with Gasteiger partial charge in [-0.05, 0) is 129 Å². The van der Waals surface area contributed by atoms with Crippen LogP contribution in [-0.2, 0) is 27.8 Å². The number of carbonyl (C=O) groups excluding carboxylic acids is 1. The van der Waals surface area contributed by atoms with Crippen LogP contribution in [0.5, 0.6) is 5.75 Å². The van der Waals surface area contributed by atoms with Gasteiger partial charge in [0, 0.05) is 30.8 Å². The van der Waals surface area contributed by atoms with Crippen LogP contribution in [0, 0.1) is 17.8 Å². The van der Waals surface area contributed by atoms with E-state index in [1.165, 1.54) is 12.0 Å². The predicted molar refractivity (Wildman–Crippen MR) is 196 cm³/mol. The maximum Gasteiger partial charge on any atom is 0.264 e. The van der Waals surface area contributed by atoms with Gasteiger partial charge < -0.3 is 14.4 Å². The van der Waals surface area contributed by atoms with Crippen molar-refractivity contribution in [2.24, 2.45) is 17.8 Å². The van der Waals surface area contributed by atoms with E-state index >= 15 is 0 Å². The third-order valence-corrected chi connectivity index (χ3v) is 16.5. The SMILES string of the molecule is CO[C@@]1(C2SCCCS2)CCC[C@H](C)[C@@H](C)S(=O)(=O)NC(=O)c2ccc3c(c2)N(CCCCc2cc(Cl)ccc2CO3)C[C@@H]2CC[C@H]21. The molecule has 2 bridgehead atoms. The first-order valence-corrected chi connectivity index (χ1v) is 21.3. The van der Waals surface area contributed by atoms with Crippen LogP contribution in [-0.4, -0.2) is 61.5 Å². The number of amides is 1. The molecule has 2 fully saturated rings. The molecule has 1 N–H and O–H groups in total. The monoisotopic (exact) mass is 720 g/mol. The van der Waals surface area contributed by atoms with Crippen LogP contribution in [0.4, 0.5) is 5.69 Å². The van der Waals surface area contributed by atoms with Crippen molar-refractivity contribution in [1.29, 1.82) is 0 Å². The van der Waals surface area contributed by atoms with Crippen molar-refractivity contribution in [3.8, 4) is 5.75 Å². The van der Waals surface area contributed by atoms with E-state index in [0.717, 1.165) is 92.2 Å². The van der Waals surface area contributed by atoms with E-state index in [-0.39, 0.29) is 11.5 Å². The van der Waals surface area contributed by atoms with Gasteiger partial charge in [0.25, 0.3) is 5.91 Å². The Morgan fingerprint density at radius 2 is 1.81 bits per heavy atom. The van der Waals surface area contributed by atoms with Crippen LogP contribution >= 0.6 is 35.1 Å². The molecule has 2 aromatic carbocycles. The summed E-state index contributed by atoms with van der Waals surface area (Å²) in [5, 5.41) is 0.0193. The minimum atomic E-state index is -3.89. The summed E-state index contributed by atoms with van der Waals surface area (Å²) in [7, 11) is -1.99. The fourth-order valence-corrected chi connectivity index (χ4v) is 13.0. The molecular formula is C36H49ClN2O5S3. The molecule has 0 unspecified atom stereocenters. The number of hydrogen-bond donors (Lipinski definition) is 1. The first kappa shape index (κ1) is 35.2. The fraction of sp³-hybridized carbons (Fsp3) is 0.639. The van der Waals surface area contributed by atoms with Gasteiger partial charge in [0.15, 0.2) is 0 Å². The van der Waals surface area contributed by atoms with Gasteiger partial charge in [0.2, 0.25) is 10.0 Å². The predicted octanol–water partition coefficient (Wildman–Crippen LogP) is 7.94. The summed E-state index contributed by atoms with van der Waals surface area (Å²) in [6.07, 6.45) is 8.93. The number of nitrogens with zero attached hydrogens (tertiary/aromatic N) is 1. The molecule has 7 nitrogen and oxygen atoms in total. The largest absolute Gasteiger partial charge is 0.487 e. The number of halogens is 1. The number of hydrogen-bond acceptors (Lipinski definition) is 8. The number of ether oxygens (including phenoxy) is 2. The lowest BCUT2D eigenvalue weighted by molar-refractivity contribution is -0.104. The molecule has 11 heteroatoms. The zero-order chi connectivity index (χ0) is 33.2. The third-order valence-electron chi connectivity index (χ3n) is 11.1. The van der Waals surface area contributed by atoms with Crippen LogP contribution in [0.2, 0.25) is 5.02 Å². The second kappa shape index (κ2) is 15.1. The minimum Gasteiger partial charge on any atom is -0.487 e. The minimum absolute atomic E-state index is 0.110. The number of benzene rings is 2. The summed E-state index contributed by atoms with van der Waals surface area (Å²) in [5.41, 5.74) is 3.19. The number of fused-ring (bicyclic) bond motifs is 3. The van der Waals surface area contributed by atoms with Crippen LogP contribution in [0.3, 0.4) is 0 Å². The highest BCUT2D eigenvalue weighted by molar-refractivity contribution is 8.17. The number of nitrogens with one attached hydrogen (secondary N) is 1. The Hall–Kier alpha value is -1.59. The van der Waals surface area contributed by atoms with Gasteiger partial charge in [-0.25, -0.2) is 13.1 Å². The molecule has 1 saturated carbocycles. The highest BCUT2D eigenvalue weighted by Gasteiger charge is 2.53. The zero-order valence-electron chi connectivity index (χ0n) is 27.8. The number of carbonyl (C=O) groups is 1. The molecule has 0 aromatic heterocycles. The van der Waals surface area contributed by atoms with Crippen molar-refractivity contribution >= 4 is 56.7 Å². The van der Waals surface area contributed by atoms with Gasteiger partial charge in [-0.1, -0.05) is 31.0 Å². The van der Waals surface area contributed by atoms with Crippen LogP contribution in [0.15, 0.2) is 36.4 Å². The molecule has 258 valence electrons. The van der Waals surface area contributed by atoms with E-state index in [9.17, 15) is 13.2 Å². The summed E-state index contributed by atoms with van der Waals surface area (Å²) in [5.74, 6) is 3.13. The number of anilines is 1. The van der Waals surface area contributed by atoms with Crippen molar-refractivity contribution in [1.82, 2.24) is 4.72 Å². The normalized spacial score (nSPS) is 30.8. The van der Waals surface area contributed by atoms with E-state index < -0.39 is 21.2 Å². The Kier molecular flexibility index (Phi) is 11.3. The van der Waals surface area contributed by atoms with Crippen LogP contribution < -0.4 is 14.4 Å². The summed E-state index contributed by atoms with van der Waals surface area (Å²) in [6.45, 7) is 5.74. The van der Waals surface area contributed by atoms with Gasteiger partial charge in [-0.3, -0.25) is 4.79 Å². The number of aryl methyl sites for hydroxylation is 1. The first-order valence-electron chi connectivity index (χ1n) is 17.2. The topological polar surface area (TPSA) is 84.9 Å². The lowest BCUT2D eigenvalue weighted by Gasteiger charge is -2.54. The Morgan fingerprint density at radius 1 is 1.00 bits per heavy atom. The van der Waals surface area contributed by atoms with Crippen molar-refractivity contribution in [2.45, 2.75) is 93.7 Å². The van der Waals surface area contributed by atoms with Crippen LogP contribution in [0.25, 0.3) is 0 Å². The number of thioether (sulfide) groups is 2. The van der Waals surface area contributed by atoms with Crippen molar-refractivity contribution < 1.29 is 22.7 Å². The van der Waals surface area contributed by atoms with E-state index in [0.29, 0.717) is 34.3 Å². The quantitative estimate of drug-likeness (QED) is 0.335. The van der Waals surface area contributed by atoms with E-state index in [1.54, 1.807) is 13.0 Å². The molecule has 3 aliphatic heterocycles. The molecular weight excluding hydrogens is 672 g/mol. The van der Waals surface area contributed by atoms with E-state index in [2.05, 4.69) is 9.62 Å². The molecule has 6 rings (SSSR count).